The van der Waals surface area contributed by atoms with Crippen molar-refractivity contribution in [2.45, 2.75) is 38.5 Å². The normalized spacial score (nSPS) is 12.8. The second-order valence-corrected chi connectivity index (χ2v) is 39.9. The third kappa shape index (κ3) is 14.0. The molecular weight excluding hydrogens is 1710 g/mol. The van der Waals surface area contributed by atoms with Gasteiger partial charge in [0.25, 0.3) is 0 Å². The van der Waals surface area contributed by atoms with Crippen LogP contribution in [0.2, 0.25) is 0 Å². The first-order valence-corrected chi connectivity index (χ1v) is 49.3. The quantitative estimate of drug-likeness (QED) is 0.102. The Morgan fingerprint density at radius 1 is 0.196 bits per heavy atom. The second kappa shape index (κ2) is 33.1. The van der Waals surface area contributed by atoms with Crippen LogP contribution in [0.15, 0.2) is 484 Å². The van der Waals surface area contributed by atoms with Gasteiger partial charge in [-0.2, -0.15) is 0 Å². The van der Waals surface area contributed by atoms with Gasteiger partial charge in [-0.05, 0) is 267 Å². The number of benzene rings is 21. The summed E-state index contributed by atoms with van der Waals surface area (Å²) < 4.78 is 13.9. The molecular formula is C132H91N3OS2. The molecule has 25 aromatic rings. The van der Waals surface area contributed by atoms with Crippen molar-refractivity contribution in [2.24, 2.45) is 0 Å². The van der Waals surface area contributed by atoms with E-state index < -0.39 is 0 Å². The van der Waals surface area contributed by atoms with E-state index in [4.69, 9.17) is 4.42 Å². The van der Waals surface area contributed by atoms with Gasteiger partial charge in [0.2, 0.25) is 0 Å². The molecule has 0 saturated heterocycles. The Bertz CT molecular complexity index is 8870. The summed E-state index contributed by atoms with van der Waals surface area (Å²) >= 11 is 3.77. The van der Waals surface area contributed by atoms with Gasteiger partial charge in [0.1, 0.15) is 11.2 Å². The van der Waals surface area contributed by atoms with Gasteiger partial charge in [-0.3, -0.25) is 0 Å². The number of rotatable bonds is 15. The highest BCUT2D eigenvalue weighted by Gasteiger charge is 2.38. The minimum Gasteiger partial charge on any atom is -0.456 e. The van der Waals surface area contributed by atoms with Gasteiger partial charge >= 0.3 is 0 Å². The van der Waals surface area contributed by atoms with Crippen LogP contribution in [-0.2, 0) is 10.8 Å². The summed E-state index contributed by atoms with van der Waals surface area (Å²) in [5.74, 6) is 0. The number of anilines is 6. The smallest absolute Gasteiger partial charge is 0.136 e. The zero-order valence-corrected chi connectivity index (χ0v) is 78.3. The van der Waals surface area contributed by atoms with E-state index in [0.717, 1.165) is 67.2 Å². The lowest BCUT2D eigenvalue weighted by Crippen LogP contribution is -2.16. The number of furan rings is 1. The summed E-state index contributed by atoms with van der Waals surface area (Å²) in [5, 5.41) is 10.1. The zero-order valence-electron chi connectivity index (χ0n) is 76.7. The summed E-state index contributed by atoms with van der Waals surface area (Å²) in [6.07, 6.45) is 0. The van der Waals surface area contributed by atoms with Crippen molar-refractivity contribution in [1.82, 2.24) is 4.57 Å². The fourth-order valence-electron chi connectivity index (χ4n) is 22.0. The predicted octanol–water partition coefficient (Wildman–Crippen LogP) is 38.0. The fraction of sp³-hybridized carbons (Fsp3) is 0.0455. The maximum atomic E-state index is 6.22. The number of nitrogens with zero attached hydrogens (tertiary/aromatic N) is 3. The molecule has 0 unspecified atom stereocenters. The predicted molar refractivity (Wildman–Crippen MR) is 588 cm³/mol. The third-order valence-electron chi connectivity index (χ3n) is 29.2. The molecule has 0 saturated carbocycles. The molecule has 4 aromatic heterocycles. The maximum absolute atomic E-state index is 6.22. The Morgan fingerprint density at radius 3 is 0.964 bits per heavy atom. The minimum absolute atomic E-state index is 0.107. The zero-order chi connectivity index (χ0) is 91.9. The standard InChI is InChI=1S/C69H48N2O.C63H43NS2/c1-69(2)63-17-9-6-14-57(63)58-40-38-56(44-64(58)69)70(55-36-30-48(31-37-55)46-22-26-50(27-23-46)52-32-39-61-60-16-8-11-19-67(60)72-68(61)43-52)54-34-28-47(29-35-54)45-20-24-49(25-21-45)51-33-41-66-62(42-51)59-15-7-10-18-65(59)71(66)53-12-4-3-5-13-53;1-63(2)57-18-6-3-11-51(57)52-38-37-48(39-58(52)63)64(46-33-29-42(30-34-46)40-21-25-44(26-22-40)49-14-9-16-55-53-12-4-7-19-59(53)65-61(49)55)47-35-31-43(32-36-47)41-23-27-45(28-24-41)50-15-10-17-56-54-13-5-8-20-60(54)66-62(50)56/h3-44H,1-2H3;3-39H,1-2H3. The highest BCUT2D eigenvalue weighted by atomic mass is 32.1. The molecule has 0 atom stereocenters. The minimum atomic E-state index is -0.121. The molecule has 0 N–H and O–H groups in total. The van der Waals surface area contributed by atoms with Crippen LogP contribution in [0.5, 0.6) is 0 Å². The lowest BCUT2D eigenvalue weighted by molar-refractivity contribution is 0.660. The number of aromatic nitrogens is 1. The third-order valence-corrected chi connectivity index (χ3v) is 31.6. The van der Waals surface area contributed by atoms with E-state index in [2.05, 4.69) is 509 Å². The van der Waals surface area contributed by atoms with Crippen LogP contribution >= 0.6 is 22.7 Å². The highest BCUT2D eigenvalue weighted by Crippen LogP contribution is 2.55. The van der Waals surface area contributed by atoms with Crippen LogP contribution in [-0.4, -0.2) is 4.57 Å². The molecule has 0 spiro atoms. The first-order chi connectivity index (χ1) is 67.9. The molecule has 2 aliphatic carbocycles. The second-order valence-electron chi connectivity index (χ2n) is 37.8. The summed E-state index contributed by atoms with van der Waals surface area (Å²) in [6.45, 7) is 9.42. The largest absolute Gasteiger partial charge is 0.456 e. The lowest BCUT2D eigenvalue weighted by atomic mass is 9.82. The Morgan fingerprint density at radius 2 is 0.507 bits per heavy atom. The molecule has 4 heterocycles. The van der Waals surface area contributed by atoms with Crippen LogP contribution < -0.4 is 9.80 Å². The molecule has 6 heteroatoms. The number of thiophene rings is 2. The molecule has 0 amide bonds. The van der Waals surface area contributed by atoms with E-state index in [1.807, 2.05) is 34.8 Å². The van der Waals surface area contributed by atoms with Crippen molar-refractivity contribution in [1.29, 1.82) is 0 Å². The van der Waals surface area contributed by atoms with Gasteiger partial charge in [-0.25, -0.2) is 0 Å². The van der Waals surface area contributed by atoms with E-state index in [0.29, 0.717) is 0 Å². The fourth-order valence-corrected chi connectivity index (χ4v) is 24.5. The van der Waals surface area contributed by atoms with E-state index in [9.17, 15) is 0 Å². The van der Waals surface area contributed by atoms with Crippen molar-refractivity contribution in [2.75, 3.05) is 9.80 Å². The summed E-state index contributed by atoms with van der Waals surface area (Å²) in [6, 6.07) is 176. The van der Waals surface area contributed by atoms with Crippen molar-refractivity contribution < 1.29 is 4.42 Å². The molecule has 0 radical (unpaired) electrons. The van der Waals surface area contributed by atoms with E-state index in [1.54, 1.807) is 0 Å². The van der Waals surface area contributed by atoms with E-state index in [-0.39, 0.29) is 10.8 Å². The van der Waals surface area contributed by atoms with Gasteiger partial charge in [0, 0.05) is 113 Å². The van der Waals surface area contributed by atoms with Gasteiger partial charge in [0.15, 0.2) is 0 Å². The van der Waals surface area contributed by atoms with E-state index >= 15 is 0 Å². The first kappa shape index (κ1) is 82.0. The number of hydrogen-bond donors (Lipinski definition) is 0. The first-order valence-electron chi connectivity index (χ1n) is 47.6. The molecule has 0 bridgehead atoms. The summed E-state index contributed by atoms with van der Waals surface area (Å²) in [5.41, 5.74) is 41.9. The Hall–Kier alpha value is -16.7. The van der Waals surface area contributed by atoms with Gasteiger partial charge in [0.05, 0.1) is 11.0 Å². The van der Waals surface area contributed by atoms with Crippen LogP contribution in [0.3, 0.4) is 0 Å². The lowest BCUT2D eigenvalue weighted by Gasteiger charge is -2.28. The van der Waals surface area contributed by atoms with E-state index in [1.165, 1.54) is 190 Å². The van der Waals surface area contributed by atoms with Crippen LogP contribution in [0.4, 0.5) is 34.1 Å². The van der Waals surface area contributed by atoms with Crippen molar-refractivity contribution in [3.05, 3.63) is 501 Å². The van der Waals surface area contributed by atoms with Crippen LogP contribution in [0, 0.1) is 0 Å². The number of para-hydroxylation sites is 3. The number of hydrogen-bond acceptors (Lipinski definition) is 5. The Balaban J connectivity index is 0.000000143. The molecule has 4 nitrogen and oxygen atoms in total. The maximum Gasteiger partial charge on any atom is 0.136 e. The van der Waals surface area contributed by atoms with Crippen molar-refractivity contribution in [3.63, 3.8) is 0 Å². The van der Waals surface area contributed by atoms with Crippen LogP contribution in [0.1, 0.15) is 49.9 Å². The average Bonchev–Trinajstić information content (AvgIpc) is 1.58. The molecule has 2 aliphatic rings. The summed E-state index contributed by atoms with van der Waals surface area (Å²) in [4.78, 5) is 4.81. The summed E-state index contributed by atoms with van der Waals surface area (Å²) in [7, 11) is 0. The molecule has 138 heavy (non-hydrogen) atoms. The molecule has 0 aliphatic heterocycles. The van der Waals surface area contributed by atoms with Gasteiger partial charge in [-0.1, -0.05) is 373 Å². The molecule has 21 aromatic carbocycles. The Kier molecular flexibility index (Phi) is 19.7. The highest BCUT2D eigenvalue weighted by molar-refractivity contribution is 7.26. The molecule has 652 valence electrons. The monoisotopic (exact) mass is 1800 g/mol. The molecule has 0 fully saturated rings. The van der Waals surface area contributed by atoms with Crippen LogP contribution in [0.25, 0.3) is 201 Å². The SMILES string of the molecule is CC1(C)c2ccccc2-c2ccc(N(c3ccc(-c4ccc(-c5ccc6c(c5)oc5ccccc56)cc4)cc3)c3ccc(-c4ccc(-c5ccc6c(c5)c5ccccc5n6-c5ccccc5)cc4)cc3)cc21.CC1(C)c2ccccc2-c2ccc(N(c3ccc(-c4ccc(-c5cccc6c5sc5ccccc56)cc4)cc3)c3ccc(-c4ccc(-c5cccc6c5sc5ccccc56)cc4)cc3)cc21. The van der Waals surface area contributed by atoms with Gasteiger partial charge in [-0.15, -0.1) is 22.7 Å². The van der Waals surface area contributed by atoms with Gasteiger partial charge < -0.3 is 18.8 Å². The molecule has 27 rings (SSSR count). The number of fused-ring (bicyclic) bond motifs is 18. The van der Waals surface area contributed by atoms with Crippen molar-refractivity contribution >= 4 is 141 Å². The topological polar surface area (TPSA) is 24.6 Å². The average molecular weight is 1800 g/mol. The van der Waals surface area contributed by atoms with Crippen molar-refractivity contribution in [3.8, 4) is 117 Å². The Labute approximate surface area is 810 Å².